The molecule has 9 heteroatoms. The third-order valence-electron chi connectivity index (χ3n) is 5.03. The van der Waals surface area contributed by atoms with E-state index in [1.165, 1.54) is 16.4 Å². The van der Waals surface area contributed by atoms with E-state index in [1.807, 2.05) is 30.3 Å². The number of hydrogen-bond acceptors (Lipinski definition) is 4. The molecule has 0 saturated carbocycles. The zero-order valence-electron chi connectivity index (χ0n) is 16.1. The van der Waals surface area contributed by atoms with Crippen molar-refractivity contribution in [1.29, 1.82) is 0 Å². The Morgan fingerprint density at radius 2 is 1.80 bits per heavy atom. The highest BCUT2D eigenvalue weighted by Crippen LogP contribution is 2.30. The molecule has 0 unspecified atom stereocenters. The van der Waals surface area contributed by atoms with Crippen LogP contribution in [0.4, 0.5) is 5.69 Å². The van der Waals surface area contributed by atoms with E-state index in [0.29, 0.717) is 18.8 Å². The van der Waals surface area contributed by atoms with Crippen LogP contribution in [0.3, 0.4) is 0 Å². The van der Waals surface area contributed by atoms with Crippen LogP contribution < -0.4 is 5.32 Å². The fourth-order valence-electron chi connectivity index (χ4n) is 3.55. The predicted molar refractivity (Wildman–Crippen MR) is 115 cm³/mol. The number of carbonyl (C=O) groups excluding carboxylic acids is 1. The van der Waals surface area contributed by atoms with Gasteiger partial charge in [-0.1, -0.05) is 41.9 Å². The number of nitrogens with zero attached hydrogens (tertiary/aromatic N) is 3. The first-order valence-corrected chi connectivity index (χ1v) is 11.4. The Morgan fingerprint density at radius 3 is 2.47 bits per heavy atom. The standard InChI is InChI=1S/C21H21ClN4O3S/c22-18-10-9-17(15-19(18)30(28,29)25-12-4-5-13-25)24-21(27)20(26-14-6-11-23-26)16-7-2-1-3-8-16/h1-3,6-11,14-15,20H,4-5,12-13H2,(H,24,27)/t20-/m0/s1. The maximum absolute atomic E-state index is 13.1. The summed E-state index contributed by atoms with van der Waals surface area (Å²) < 4.78 is 28.9. The van der Waals surface area contributed by atoms with Gasteiger partial charge in [-0.15, -0.1) is 0 Å². The summed E-state index contributed by atoms with van der Waals surface area (Å²) in [4.78, 5) is 13.1. The van der Waals surface area contributed by atoms with Crippen LogP contribution in [-0.2, 0) is 14.8 Å². The molecule has 3 aromatic rings. The van der Waals surface area contributed by atoms with Crippen molar-refractivity contribution in [2.24, 2.45) is 0 Å². The molecule has 0 radical (unpaired) electrons. The van der Waals surface area contributed by atoms with Gasteiger partial charge < -0.3 is 5.32 Å². The van der Waals surface area contributed by atoms with Crippen molar-refractivity contribution in [3.63, 3.8) is 0 Å². The van der Waals surface area contributed by atoms with Crippen molar-refractivity contribution in [3.05, 3.63) is 77.6 Å². The molecule has 4 rings (SSSR count). The van der Waals surface area contributed by atoms with Crippen molar-refractivity contribution in [2.45, 2.75) is 23.8 Å². The molecule has 1 atom stereocenters. The van der Waals surface area contributed by atoms with E-state index < -0.39 is 16.1 Å². The highest BCUT2D eigenvalue weighted by molar-refractivity contribution is 7.89. The summed E-state index contributed by atoms with van der Waals surface area (Å²) in [6.07, 6.45) is 4.97. The molecule has 1 fully saturated rings. The number of amides is 1. The highest BCUT2D eigenvalue weighted by Gasteiger charge is 2.30. The number of nitrogens with one attached hydrogen (secondary N) is 1. The summed E-state index contributed by atoms with van der Waals surface area (Å²) in [5.74, 6) is -0.336. The van der Waals surface area contributed by atoms with Gasteiger partial charge in [0.1, 0.15) is 4.90 Å². The van der Waals surface area contributed by atoms with Crippen LogP contribution in [-0.4, -0.2) is 41.5 Å². The van der Waals surface area contributed by atoms with E-state index in [0.717, 1.165) is 18.4 Å². The van der Waals surface area contributed by atoms with Crippen LogP contribution in [0.2, 0.25) is 5.02 Å². The molecule has 1 aliphatic heterocycles. The number of aromatic nitrogens is 2. The SMILES string of the molecule is O=C(Nc1ccc(Cl)c(S(=O)(=O)N2CCCC2)c1)[C@H](c1ccccc1)n1cccn1. The van der Waals surface area contributed by atoms with E-state index in [4.69, 9.17) is 11.6 Å². The summed E-state index contributed by atoms with van der Waals surface area (Å²) in [6, 6.07) is 14.8. The van der Waals surface area contributed by atoms with Gasteiger partial charge in [0.2, 0.25) is 10.0 Å². The minimum Gasteiger partial charge on any atom is -0.324 e. The second kappa shape index (κ2) is 8.59. The number of halogens is 1. The Hall–Kier alpha value is -2.68. The predicted octanol–water partition coefficient (Wildman–Crippen LogP) is 3.55. The van der Waals surface area contributed by atoms with Crippen molar-refractivity contribution in [3.8, 4) is 0 Å². The number of carbonyl (C=O) groups is 1. The highest BCUT2D eigenvalue weighted by atomic mass is 35.5. The quantitative estimate of drug-likeness (QED) is 0.630. The van der Waals surface area contributed by atoms with Crippen LogP contribution in [0.15, 0.2) is 71.9 Å². The normalized spacial score (nSPS) is 15.8. The second-order valence-electron chi connectivity index (χ2n) is 7.04. The number of rotatable bonds is 6. The van der Waals surface area contributed by atoms with Gasteiger partial charge in [0.05, 0.1) is 5.02 Å². The Kier molecular flexibility index (Phi) is 5.90. The van der Waals surface area contributed by atoms with Gasteiger partial charge in [-0.05, 0) is 42.7 Å². The average molecular weight is 445 g/mol. The number of sulfonamides is 1. The summed E-state index contributed by atoms with van der Waals surface area (Å²) >= 11 is 6.20. The summed E-state index contributed by atoms with van der Waals surface area (Å²) in [6.45, 7) is 0.954. The van der Waals surface area contributed by atoms with Gasteiger partial charge in [-0.2, -0.15) is 9.40 Å². The number of anilines is 1. The first-order valence-electron chi connectivity index (χ1n) is 9.61. The zero-order chi connectivity index (χ0) is 21.1. The average Bonchev–Trinajstić information content (AvgIpc) is 3.45. The van der Waals surface area contributed by atoms with Gasteiger partial charge in [0.15, 0.2) is 6.04 Å². The minimum atomic E-state index is -3.71. The maximum atomic E-state index is 13.1. The van der Waals surface area contributed by atoms with E-state index in [2.05, 4.69) is 10.4 Å². The lowest BCUT2D eigenvalue weighted by molar-refractivity contribution is -0.118. The largest absolute Gasteiger partial charge is 0.324 e. The molecule has 2 aromatic carbocycles. The molecule has 2 heterocycles. The Labute approximate surface area is 180 Å². The fourth-order valence-corrected chi connectivity index (χ4v) is 5.57. The molecule has 0 aliphatic carbocycles. The van der Waals surface area contributed by atoms with Gasteiger partial charge in [-0.3, -0.25) is 9.48 Å². The molecule has 156 valence electrons. The number of hydrogen-bond donors (Lipinski definition) is 1. The molecule has 1 N–H and O–H groups in total. The summed E-state index contributed by atoms with van der Waals surface area (Å²) in [5, 5.41) is 7.16. The second-order valence-corrected chi connectivity index (χ2v) is 9.36. The van der Waals surface area contributed by atoms with Crippen LogP contribution in [0, 0.1) is 0 Å². The third kappa shape index (κ3) is 4.12. The molecule has 0 spiro atoms. The topological polar surface area (TPSA) is 84.3 Å². The first kappa shape index (κ1) is 20.6. The van der Waals surface area contributed by atoms with E-state index in [9.17, 15) is 13.2 Å². The Morgan fingerprint density at radius 1 is 1.07 bits per heavy atom. The van der Waals surface area contributed by atoms with Crippen LogP contribution >= 0.6 is 11.6 Å². The van der Waals surface area contributed by atoms with Gasteiger partial charge >= 0.3 is 0 Å². The lowest BCUT2D eigenvalue weighted by Crippen LogP contribution is -2.29. The number of benzene rings is 2. The monoisotopic (exact) mass is 444 g/mol. The molecule has 1 aliphatic rings. The zero-order valence-corrected chi connectivity index (χ0v) is 17.7. The van der Waals surface area contributed by atoms with Gasteiger partial charge in [0, 0.05) is 31.2 Å². The van der Waals surface area contributed by atoms with E-state index in [1.54, 1.807) is 29.2 Å². The first-order chi connectivity index (χ1) is 14.5. The smallest absolute Gasteiger partial charge is 0.253 e. The van der Waals surface area contributed by atoms with Crippen molar-refractivity contribution >= 4 is 33.2 Å². The molecular formula is C21H21ClN4O3S. The van der Waals surface area contributed by atoms with Crippen molar-refractivity contribution < 1.29 is 13.2 Å². The Balaban J connectivity index is 1.64. The molecular weight excluding hydrogens is 424 g/mol. The molecule has 1 amide bonds. The van der Waals surface area contributed by atoms with Crippen LogP contribution in [0.25, 0.3) is 0 Å². The van der Waals surface area contributed by atoms with E-state index >= 15 is 0 Å². The summed E-state index contributed by atoms with van der Waals surface area (Å²) in [5.41, 5.74) is 1.12. The van der Waals surface area contributed by atoms with Crippen molar-refractivity contribution in [2.75, 3.05) is 18.4 Å². The molecule has 7 nitrogen and oxygen atoms in total. The van der Waals surface area contributed by atoms with Crippen LogP contribution in [0.5, 0.6) is 0 Å². The van der Waals surface area contributed by atoms with E-state index in [-0.39, 0.29) is 15.8 Å². The lowest BCUT2D eigenvalue weighted by atomic mass is 10.1. The van der Waals surface area contributed by atoms with Crippen molar-refractivity contribution in [1.82, 2.24) is 14.1 Å². The molecule has 0 bridgehead atoms. The molecule has 1 saturated heterocycles. The van der Waals surface area contributed by atoms with Crippen LogP contribution in [0.1, 0.15) is 24.4 Å². The van der Waals surface area contributed by atoms with Gasteiger partial charge in [0.25, 0.3) is 5.91 Å². The summed E-state index contributed by atoms with van der Waals surface area (Å²) in [7, 11) is -3.71. The third-order valence-corrected chi connectivity index (χ3v) is 7.41. The molecule has 30 heavy (non-hydrogen) atoms. The fraction of sp³-hybridized carbons (Fsp3) is 0.238. The molecule has 1 aromatic heterocycles. The Bertz CT molecular complexity index is 1130. The maximum Gasteiger partial charge on any atom is 0.253 e. The van der Waals surface area contributed by atoms with Gasteiger partial charge in [-0.25, -0.2) is 8.42 Å². The minimum absolute atomic E-state index is 0.000725. The lowest BCUT2D eigenvalue weighted by Gasteiger charge is -2.19.